The van der Waals surface area contributed by atoms with Gasteiger partial charge < -0.3 is 15.3 Å². The molecule has 4 nitrogen and oxygen atoms in total. The van der Waals surface area contributed by atoms with Crippen molar-refractivity contribution in [2.24, 2.45) is 5.92 Å². The number of likely N-dealkylation sites (N-methyl/N-ethyl adjacent to an activating group) is 1. The Morgan fingerprint density at radius 2 is 2.11 bits per heavy atom. The Kier molecular flexibility index (Phi) is 5.60. The molecule has 1 aliphatic rings. The number of hydrogen-bond donors (Lipinski definition) is 2. The third-order valence-electron chi connectivity index (χ3n) is 3.66. The summed E-state index contributed by atoms with van der Waals surface area (Å²) in [6, 6.07) is -0.0639. The lowest BCUT2D eigenvalue weighted by molar-refractivity contribution is -0.137. The van der Waals surface area contributed by atoms with Gasteiger partial charge in [-0.3, -0.25) is 4.79 Å². The van der Waals surface area contributed by atoms with Crippen LogP contribution < -0.4 is 5.32 Å². The van der Waals surface area contributed by atoms with E-state index in [1.807, 2.05) is 6.92 Å². The van der Waals surface area contributed by atoms with Crippen LogP contribution in [0.15, 0.2) is 0 Å². The van der Waals surface area contributed by atoms with E-state index in [0.717, 1.165) is 25.8 Å². The summed E-state index contributed by atoms with van der Waals surface area (Å²) in [5.74, 6) is 0.791. The van der Waals surface area contributed by atoms with Crippen LogP contribution in [0.3, 0.4) is 0 Å². The first-order chi connectivity index (χ1) is 8.37. The standard InChI is InChI=1S/C14H28N2O2/c1-5-11-7-8-15-12(9-11)13(17)16(6-2)10-14(3,4)18/h11-12,15,18H,5-10H2,1-4H3. The van der Waals surface area contributed by atoms with Crippen LogP contribution in [0.2, 0.25) is 0 Å². The van der Waals surface area contributed by atoms with Gasteiger partial charge in [0.2, 0.25) is 5.91 Å². The van der Waals surface area contributed by atoms with Crippen LogP contribution in [-0.2, 0) is 4.79 Å². The molecule has 0 aromatic carbocycles. The van der Waals surface area contributed by atoms with E-state index >= 15 is 0 Å². The molecule has 1 saturated heterocycles. The zero-order chi connectivity index (χ0) is 13.8. The van der Waals surface area contributed by atoms with Crippen LogP contribution in [-0.4, -0.2) is 47.2 Å². The largest absolute Gasteiger partial charge is 0.389 e. The molecule has 2 N–H and O–H groups in total. The van der Waals surface area contributed by atoms with Gasteiger partial charge in [-0.2, -0.15) is 0 Å². The number of rotatable bonds is 5. The summed E-state index contributed by atoms with van der Waals surface area (Å²) >= 11 is 0. The lowest BCUT2D eigenvalue weighted by Gasteiger charge is -2.35. The number of nitrogens with zero attached hydrogens (tertiary/aromatic N) is 1. The Labute approximate surface area is 111 Å². The van der Waals surface area contributed by atoms with Crippen LogP contribution in [0.25, 0.3) is 0 Å². The van der Waals surface area contributed by atoms with E-state index in [1.165, 1.54) is 0 Å². The van der Waals surface area contributed by atoms with Crippen molar-refractivity contribution in [3.05, 3.63) is 0 Å². The molecule has 0 radical (unpaired) electrons. The summed E-state index contributed by atoms with van der Waals surface area (Å²) < 4.78 is 0. The number of amides is 1. The molecule has 2 unspecified atom stereocenters. The van der Waals surface area contributed by atoms with Crippen molar-refractivity contribution in [3.63, 3.8) is 0 Å². The number of piperidine rings is 1. The molecular formula is C14H28N2O2. The molecule has 1 fully saturated rings. The summed E-state index contributed by atoms with van der Waals surface area (Å²) in [6.07, 6.45) is 3.23. The molecule has 1 rings (SSSR count). The van der Waals surface area contributed by atoms with Gasteiger partial charge >= 0.3 is 0 Å². The minimum atomic E-state index is -0.829. The van der Waals surface area contributed by atoms with Crippen molar-refractivity contribution >= 4 is 5.91 Å². The maximum absolute atomic E-state index is 12.4. The second-order valence-corrected chi connectivity index (χ2v) is 5.97. The zero-order valence-electron chi connectivity index (χ0n) is 12.2. The molecule has 0 saturated carbocycles. The fraction of sp³-hybridized carbons (Fsp3) is 0.929. The van der Waals surface area contributed by atoms with E-state index in [9.17, 15) is 9.90 Å². The number of hydrogen-bond acceptors (Lipinski definition) is 3. The lowest BCUT2D eigenvalue weighted by atomic mass is 9.89. The number of nitrogens with one attached hydrogen (secondary N) is 1. The van der Waals surface area contributed by atoms with Crippen molar-refractivity contribution in [1.82, 2.24) is 10.2 Å². The Balaban J connectivity index is 2.60. The van der Waals surface area contributed by atoms with E-state index in [-0.39, 0.29) is 11.9 Å². The molecule has 0 spiro atoms. The Morgan fingerprint density at radius 3 is 2.61 bits per heavy atom. The molecule has 106 valence electrons. The first kappa shape index (κ1) is 15.4. The molecule has 0 aliphatic carbocycles. The van der Waals surface area contributed by atoms with Crippen molar-refractivity contribution in [3.8, 4) is 0 Å². The van der Waals surface area contributed by atoms with E-state index in [4.69, 9.17) is 0 Å². The number of aliphatic hydroxyl groups is 1. The van der Waals surface area contributed by atoms with Gasteiger partial charge in [-0.1, -0.05) is 13.3 Å². The van der Waals surface area contributed by atoms with Gasteiger partial charge in [-0.25, -0.2) is 0 Å². The average Bonchev–Trinajstić information content (AvgIpc) is 2.34. The lowest BCUT2D eigenvalue weighted by Crippen LogP contribution is -2.53. The highest BCUT2D eigenvalue weighted by Gasteiger charge is 2.30. The molecular weight excluding hydrogens is 228 g/mol. The van der Waals surface area contributed by atoms with Gasteiger partial charge in [-0.15, -0.1) is 0 Å². The zero-order valence-corrected chi connectivity index (χ0v) is 12.2. The first-order valence-corrected chi connectivity index (χ1v) is 7.12. The first-order valence-electron chi connectivity index (χ1n) is 7.12. The molecule has 18 heavy (non-hydrogen) atoms. The molecule has 1 amide bonds. The number of carbonyl (C=O) groups excluding carboxylic acids is 1. The van der Waals surface area contributed by atoms with Gasteiger partial charge in [0.25, 0.3) is 0 Å². The Hall–Kier alpha value is -0.610. The third-order valence-corrected chi connectivity index (χ3v) is 3.66. The van der Waals surface area contributed by atoms with Gasteiger partial charge in [0.1, 0.15) is 0 Å². The summed E-state index contributed by atoms with van der Waals surface area (Å²) in [5.41, 5.74) is -0.829. The number of carbonyl (C=O) groups is 1. The van der Waals surface area contributed by atoms with Crippen molar-refractivity contribution < 1.29 is 9.90 Å². The van der Waals surface area contributed by atoms with E-state index < -0.39 is 5.60 Å². The van der Waals surface area contributed by atoms with Crippen molar-refractivity contribution in [2.45, 2.75) is 58.6 Å². The molecule has 2 atom stereocenters. The summed E-state index contributed by atoms with van der Waals surface area (Å²) in [7, 11) is 0. The van der Waals surface area contributed by atoms with Gasteiger partial charge in [0.05, 0.1) is 11.6 Å². The highest BCUT2D eigenvalue weighted by molar-refractivity contribution is 5.82. The maximum atomic E-state index is 12.4. The SMILES string of the molecule is CCC1CCNC(C(=O)N(CC)CC(C)(C)O)C1. The summed E-state index contributed by atoms with van der Waals surface area (Å²) in [6.45, 7) is 9.61. The maximum Gasteiger partial charge on any atom is 0.239 e. The van der Waals surface area contributed by atoms with E-state index in [2.05, 4.69) is 12.2 Å². The minimum Gasteiger partial charge on any atom is -0.389 e. The molecule has 4 heteroatoms. The molecule has 0 aromatic heterocycles. The Bertz CT molecular complexity index is 273. The normalized spacial score (nSPS) is 24.9. The van der Waals surface area contributed by atoms with Crippen LogP contribution in [0.5, 0.6) is 0 Å². The minimum absolute atomic E-state index is 0.0639. The summed E-state index contributed by atoms with van der Waals surface area (Å²) in [4.78, 5) is 14.2. The fourth-order valence-electron chi connectivity index (χ4n) is 2.59. The van der Waals surface area contributed by atoms with Crippen molar-refractivity contribution in [2.75, 3.05) is 19.6 Å². The second-order valence-electron chi connectivity index (χ2n) is 5.97. The quantitative estimate of drug-likeness (QED) is 0.781. The third kappa shape index (κ3) is 4.58. The molecule has 0 aromatic rings. The van der Waals surface area contributed by atoms with Gasteiger partial charge in [0.15, 0.2) is 0 Å². The topological polar surface area (TPSA) is 52.6 Å². The van der Waals surface area contributed by atoms with Crippen LogP contribution >= 0.6 is 0 Å². The predicted octanol–water partition coefficient (Wildman–Crippen LogP) is 1.38. The molecule has 0 bridgehead atoms. The fourth-order valence-corrected chi connectivity index (χ4v) is 2.59. The second kappa shape index (κ2) is 6.53. The Morgan fingerprint density at radius 1 is 1.44 bits per heavy atom. The summed E-state index contributed by atoms with van der Waals surface area (Å²) in [5, 5.41) is 13.2. The highest BCUT2D eigenvalue weighted by atomic mass is 16.3. The van der Waals surface area contributed by atoms with E-state index in [0.29, 0.717) is 19.0 Å². The predicted molar refractivity (Wildman–Crippen MR) is 73.4 cm³/mol. The average molecular weight is 256 g/mol. The van der Waals surface area contributed by atoms with Crippen LogP contribution in [0, 0.1) is 5.92 Å². The van der Waals surface area contributed by atoms with Crippen LogP contribution in [0.1, 0.15) is 47.0 Å². The van der Waals surface area contributed by atoms with Gasteiger partial charge in [0, 0.05) is 13.1 Å². The van der Waals surface area contributed by atoms with Crippen molar-refractivity contribution in [1.29, 1.82) is 0 Å². The monoisotopic (exact) mass is 256 g/mol. The highest BCUT2D eigenvalue weighted by Crippen LogP contribution is 2.21. The smallest absolute Gasteiger partial charge is 0.239 e. The van der Waals surface area contributed by atoms with Gasteiger partial charge in [-0.05, 0) is 46.1 Å². The molecule has 1 heterocycles. The van der Waals surface area contributed by atoms with E-state index in [1.54, 1.807) is 18.7 Å². The van der Waals surface area contributed by atoms with Crippen LogP contribution in [0.4, 0.5) is 0 Å². The molecule has 1 aliphatic heterocycles.